The van der Waals surface area contributed by atoms with Crippen molar-refractivity contribution < 1.29 is 9.90 Å². The first kappa shape index (κ1) is 18.1. The van der Waals surface area contributed by atoms with E-state index in [2.05, 4.69) is 30.3 Å². The minimum atomic E-state index is -0.701. The predicted octanol–water partition coefficient (Wildman–Crippen LogP) is 4.33. The highest BCUT2D eigenvalue weighted by atomic mass is 16.4. The van der Waals surface area contributed by atoms with Gasteiger partial charge in [-0.2, -0.15) is 0 Å². The summed E-state index contributed by atoms with van der Waals surface area (Å²) in [4.78, 5) is 10.3. The Balaban J connectivity index is 3.41. The molecule has 0 saturated heterocycles. The lowest BCUT2D eigenvalue weighted by Crippen LogP contribution is -1.93. The topological polar surface area (TPSA) is 37.3 Å². The Bertz CT molecular complexity index is 410. The van der Waals surface area contributed by atoms with Crippen LogP contribution in [-0.4, -0.2) is 11.1 Å². The van der Waals surface area contributed by atoms with E-state index in [0.717, 1.165) is 51.4 Å². The molecule has 0 aromatic heterocycles. The first-order valence-corrected chi connectivity index (χ1v) is 7.23. The Morgan fingerprint density at radius 3 is 2.55 bits per heavy atom. The van der Waals surface area contributed by atoms with E-state index in [1.807, 2.05) is 18.2 Å². The van der Waals surface area contributed by atoms with Gasteiger partial charge in [-0.25, -0.2) is 0 Å². The molecule has 2 nitrogen and oxygen atoms in total. The van der Waals surface area contributed by atoms with Crippen LogP contribution in [0.3, 0.4) is 0 Å². The van der Waals surface area contributed by atoms with Gasteiger partial charge >= 0.3 is 5.97 Å². The second-order valence-electron chi connectivity index (χ2n) is 4.50. The van der Waals surface area contributed by atoms with Gasteiger partial charge in [0.05, 0.1) is 0 Å². The number of carbonyl (C=O) groups is 1. The van der Waals surface area contributed by atoms with Gasteiger partial charge in [-0.3, -0.25) is 4.79 Å². The van der Waals surface area contributed by atoms with E-state index in [0.29, 0.717) is 0 Å². The van der Waals surface area contributed by atoms with E-state index >= 15 is 0 Å². The molecule has 0 aliphatic rings. The molecule has 0 aromatic rings. The van der Waals surface area contributed by atoms with Crippen molar-refractivity contribution in [3.8, 4) is 23.7 Å². The molecule has 0 atom stereocenters. The van der Waals surface area contributed by atoms with Crippen LogP contribution in [0.25, 0.3) is 0 Å². The van der Waals surface area contributed by atoms with Gasteiger partial charge in [0.15, 0.2) is 0 Å². The van der Waals surface area contributed by atoms with Crippen LogP contribution in [0.15, 0.2) is 24.8 Å². The Kier molecular flexibility index (Phi) is 13.7. The van der Waals surface area contributed by atoms with Gasteiger partial charge in [0.25, 0.3) is 0 Å². The van der Waals surface area contributed by atoms with Gasteiger partial charge in [0.1, 0.15) is 0 Å². The Labute approximate surface area is 123 Å². The number of unbranched alkanes of at least 4 members (excludes halogenated alkanes) is 6. The number of carboxylic acid groups (broad SMARTS) is 1. The molecule has 0 fully saturated rings. The maximum Gasteiger partial charge on any atom is 0.303 e. The highest BCUT2D eigenvalue weighted by molar-refractivity contribution is 5.66. The molecule has 0 heterocycles. The van der Waals surface area contributed by atoms with E-state index in [1.165, 1.54) is 0 Å². The molecule has 0 unspecified atom stereocenters. The smallest absolute Gasteiger partial charge is 0.303 e. The third-order valence-corrected chi connectivity index (χ3v) is 2.65. The Morgan fingerprint density at radius 1 is 1.05 bits per heavy atom. The van der Waals surface area contributed by atoms with Gasteiger partial charge in [0.2, 0.25) is 0 Å². The van der Waals surface area contributed by atoms with E-state index in [9.17, 15) is 4.79 Å². The average molecular weight is 272 g/mol. The number of aliphatic carboxylic acids is 1. The molecule has 2 heteroatoms. The molecule has 0 aliphatic heterocycles. The fourth-order valence-corrected chi connectivity index (χ4v) is 1.56. The van der Waals surface area contributed by atoms with Crippen LogP contribution >= 0.6 is 0 Å². The third kappa shape index (κ3) is 16.1. The zero-order valence-electron chi connectivity index (χ0n) is 12.2. The van der Waals surface area contributed by atoms with Crippen LogP contribution in [0, 0.1) is 23.7 Å². The quantitative estimate of drug-likeness (QED) is 0.365. The van der Waals surface area contributed by atoms with Gasteiger partial charge in [-0.05, 0) is 43.6 Å². The number of allylic oxidation sites excluding steroid dienone is 3. The zero-order chi connectivity index (χ0) is 14.9. The molecule has 20 heavy (non-hydrogen) atoms. The van der Waals surface area contributed by atoms with Crippen LogP contribution in [-0.2, 0) is 4.79 Å². The highest BCUT2D eigenvalue weighted by Gasteiger charge is 1.95. The molecule has 108 valence electrons. The SMILES string of the molecule is C=CCC/C=C\C#CC#CCCCCCCCC(=O)O. The van der Waals surface area contributed by atoms with E-state index in [-0.39, 0.29) is 6.42 Å². The Hall–Kier alpha value is -1.93. The van der Waals surface area contributed by atoms with Crippen LogP contribution < -0.4 is 0 Å². The normalized spacial score (nSPS) is 9.40. The van der Waals surface area contributed by atoms with Crippen molar-refractivity contribution in [3.05, 3.63) is 24.8 Å². The third-order valence-electron chi connectivity index (χ3n) is 2.65. The molecule has 0 bridgehead atoms. The molecular weight excluding hydrogens is 248 g/mol. The van der Waals surface area contributed by atoms with Crippen molar-refractivity contribution in [2.24, 2.45) is 0 Å². The largest absolute Gasteiger partial charge is 0.481 e. The molecule has 0 aliphatic carbocycles. The van der Waals surface area contributed by atoms with Gasteiger partial charge in [-0.1, -0.05) is 43.3 Å². The lowest BCUT2D eigenvalue weighted by molar-refractivity contribution is -0.137. The molecule has 0 spiro atoms. The monoisotopic (exact) mass is 272 g/mol. The van der Waals surface area contributed by atoms with Crippen LogP contribution in [0.1, 0.15) is 57.8 Å². The standard InChI is InChI=1S/C18H24O2/c1-2-3-4-5-6-7-8-9-10-11-12-13-14-15-16-17-18(19)20/h2,5-6H,1,3-4,11-17H2,(H,19,20)/b6-5-. The number of carboxylic acids is 1. The first-order valence-electron chi connectivity index (χ1n) is 7.23. The molecule has 1 N–H and O–H groups in total. The molecular formula is C18H24O2. The van der Waals surface area contributed by atoms with Crippen LogP contribution in [0.4, 0.5) is 0 Å². The highest BCUT2D eigenvalue weighted by Crippen LogP contribution is 2.06. The van der Waals surface area contributed by atoms with Crippen LogP contribution in [0.2, 0.25) is 0 Å². The molecule has 0 radical (unpaired) electrons. The zero-order valence-corrected chi connectivity index (χ0v) is 12.2. The summed E-state index contributed by atoms with van der Waals surface area (Å²) in [5, 5.41) is 8.48. The summed E-state index contributed by atoms with van der Waals surface area (Å²) < 4.78 is 0. The fraction of sp³-hybridized carbons (Fsp3) is 0.500. The average Bonchev–Trinajstić information content (AvgIpc) is 2.43. The summed E-state index contributed by atoms with van der Waals surface area (Å²) in [6, 6.07) is 0. The molecule has 0 aromatic carbocycles. The first-order chi connectivity index (χ1) is 9.77. The molecule has 0 rings (SSSR count). The number of hydrogen-bond donors (Lipinski definition) is 1. The van der Waals surface area contributed by atoms with Crippen molar-refractivity contribution in [1.29, 1.82) is 0 Å². The molecule has 0 saturated carbocycles. The molecule has 0 amide bonds. The predicted molar refractivity (Wildman–Crippen MR) is 84.1 cm³/mol. The lowest BCUT2D eigenvalue weighted by Gasteiger charge is -1.96. The summed E-state index contributed by atoms with van der Waals surface area (Å²) in [7, 11) is 0. The van der Waals surface area contributed by atoms with E-state index in [4.69, 9.17) is 5.11 Å². The number of rotatable bonds is 10. The Morgan fingerprint density at radius 2 is 1.80 bits per heavy atom. The second kappa shape index (κ2) is 15.1. The van der Waals surface area contributed by atoms with Gasteiger partial charge in [-0.15, -0.1) is 6.58 Å². The van der Waals surface area contributed by atoms with Crippen LogP contribution in [0.5, 0.6) is 0 Å². The van der Waals surface area contributed by atoms with Crippen molar-refractivity contribution in [2.45, 2.75) is 57.8 Å². The summed E-state index contributed by atoms with van der Waals surface area (Å²) >= 11 is 0. The van der Waals surface area contributed by atoms with Gasteiger partial charge < -0.3 is 5.11 Å². The van der Waals surface area contributed by atoms with E-state index in [1.54, 1.807) is 0 Å². The van der Waals surface area contributed by atoms with Crippen molar-refractivity contribution >= 4 is 5.97 Å². The fourth-order valence-electron chi connectivity index (χ4n) is 1.56. The maximum absolute atomic E-state index is 10.3. The number of hydrogen-bond acceptors (Lipinski definition) is 1. The summed E-state index contributed by atoms with van der Waals surface area (Å²) in [5.41, 5.74) is 0. The maximum atomic E-state index is 10.3. The summed E-state index contributed by atoms with van der Waals surface area (Å²) in [6.07, 6.45) is 13.9. The van der Waals surface area contributed by atoms with E-state index < -0.39 is 5.97 Å². The summed E-state index contributed by atoms with van der Waals surface area (Å²) in [5.74, 6) is 10.8. The minimum Gasteiger partial charge on any atom is -0.481 e. The minimum absolute atomic E-state index is 0.287. The lowest BCUT2D eigenvalue weighted by atomic mass is 10.1. The van der Waals surface area contributed by atoms with Crippen molar-refractivity contribution in [3.63, 3.8) is 0 Å². The van der Waals surface area contributed by atoms with Gasteiger partial charge in [0, 0.05) is 12.8 Å². The van der Waals surface area contributed by atoms with Crippen molar-refractivity contribution in [2.75, 3.05) is 0 Å². The second-order valence-corrected chi connectivity index (χ2v) is 4.50. The van der Waals surface area contributed by atoms with Crippen molar-refractivity contribution in [1.82, 2.24) is 0 Å². The summed E-state index contributed by atoms with van der Waals surface area (Å²) in [6.45, 7) is 3.65.